The molecule has 0 aliphatic carbocycles. The normalized spacial score (nSPS) is 17.9. The number of nitrogens with one attached hydrogen (secondary N) is 1. The van der Waals surface area contributed by atoms with Crippen molar-refractivity contribution in [1.82, 2.24) is 20.0 Å². The van der Waals surface area contributed by atoms with Gasteiger partial charge in [0, 0.05) is 57.0 Å². The maximum absolute atomic E-state index is 12.8. The molecule has 2 heterocycles. The summed E-state index contributed by atoms with van der Waals surface area (Å²) in [6.45, 7) is 10.8. The smallest absolute Gasteiger partial charge is 0.224 e. The molecule has 7 heteroatoms. The molecule has 0 radical (unpaired) electrons. The monoisotopic (exact) mass is 338 g/mol. The van der Waals surface area contributed by atoms with Gasteiger partial charge in [0.25, 0.3) is 0 Å². The van der Waals surface area contributed by atoms with Gasteiger partial charge in [-0.3, -0.25) is 9.48 Å². The lowest BCUT2D eigenvalue weighted by Gasteiger charge is -2.28. The molecule has 1 aromatic rings. The minimum absolute atomic E-state index is 0.0943. The predicted molar refractivity (Wildman–Crippen MR) is 91.9 cm³/mol. The van der Waals surface area contributed by atoms with Gasteiger partial charge in [0.1, 0.15) is 0 Å². The van der Waals surface area contributed by atoms with Gasteiger partial charge in [-0.15, -0.1) is 0 Å². The molecule has 1 N–H and O–H groups in total. The van der Waals surface area contributed by atoms with Crippen LogP contribution >= 0.6 is 0 Å². The van der Waals surface area contributed by atoms with Crippen molar-refractivity contribution >= 4 is 5.91 Å². The fourth-order valence-corrected chi connectivity index (χ4v) is 3.05. The number of hydrogen-bond donors (Lipinski definition) is 1. The molecule has 1 aliphatic rings. The molecule has 136 valence electrons. The van der Waals surface area contributed by atoms with Crippen molar-refractivity contribution in [2.24, 2.45) is 0 Å². The van der Waals surface area contributed by atoms with E-state index in [1.54, 1.807) is 7.11 Å². The number of ether oxygens (including phenoxy) is 2. The van der Waals surface area contributed by atoms with Gasteiger partial charge in [-0.25, -0.2) is 0 Å². The van der Waals surface area contributed by atoms with E-state index in [1.807, 2.05) is 16.5 Å². The molecule has 0 aromatic carbocycles. The van der Waals surface area contributed by atoms with Crippen molar-refractivity contribution in [3.63, 3.8) is 0 Å². The van der Waals surface area contributed by atoms with Crippen LogP contribution in [0.5, 0.6) is 0 Å². The van der Waals surface area contributed by atoms with Crippen LogP contribution in [0.4, 0.5) is 0 Å². The van der Waals surface area contributed by atoms with Gasteiger partial charge in [0.05, 0.1) is 25.5 Å². The summed E-state index contributed by atoms with van der Waals surface area (Å²) in [7, 11) is 1.66. The van der Waals surface area contributed by atoms with Crippen molar-refractivity contribution in [1.29, 1.82) is 0 Å². The van der Waals surface area contributed by atoms with E-state index in [-0.39, 0.29) is 11.9 Å². The van der Waals surface area contributed by atoms with Crippen LogP contribution in [-0.4, -0.2) is 66.6 Å². The van der Waals surface area contributed by atoms with Crippen molar-refractivity contribution in [3.05, 3.63) is 17.0 Å². The summed E-state index contributed by atoms with van der Waals surface area (Å²) >= 11 is 0. The Hall–Kier alpha value is -1.44. The highest BCUT2D eigenvalue weighted by molar-refractivity contribution is 5.77. The standard InChI is InChI=1S/C17H30N4O3/c1-5-21-14(3)16(13(2)19-21)11-20(7-9-23-4)17(22)10-15-12-24-8-6-18-15/h15,18H,5-12H2,1-4H3. The van der Waals surface area contributed by atoms with E-state index >= 15 is 0 Å². The topological polar surface area (TPSA) is 68.6 Å². The van der Waals surface area contributed by atoms with Crippen LogP contribution in [0.25, 0.3) is 0 Å². The third kappa shape index (κ3) is 4.78. The van der Waals surface area contributed by atoms with E-state index in [0.717, 1.165) is 30.0 Å². The zero-order chi connectivity index (χ0) is 17.5. The third-order valence-corrected chi connectivity index (χ3v) is 4.52. The van der Waals surface area contributed by atoms with Crippen LogP contribution in [-0.2, 0) is 27.4 Å². The number of carbonyl (C=O) groups excluding carboxylic acids is 1. The maximum Gasteiger partial charge on any atom is 0.224 e. The Morgan fingerprint density at radius 3 is 2.88 bits per heavy atom. The Morgan fingerprint density at radius 2 is 2.29 bits per heavy atom. The number of rotatable bonds is 8. The van der Waals surface area contributed by atoms with Crippen LogP contribution < -0.4 is 5.32 Å². The molecule has 1 aromatic heterocycles. The van der Waals surface area contributed by atoms with E-state index in [0.29, 0.717) is 39.3 Å². The van der Waals surface area contributed by atoms with Gasteiger partial charge in [0.15, 0.2) is 0 Å². The second-order valence-electron chi connectivity index (χ2n) is 6.20. The summed E-state index contributed by atoms with van der Waals surface area (Å²) in [6.07, 6.45) is 0.448. The molecule has 0 bridgehead atoms. The van der Waals surface area contributed by atoms with Gasteiger partial charge in [-0.05, 0) is 20.8 Å². The Morgan fingerprint density at radius 1 is 1.50 bits per heavy atom. The first kappa shape index (κ1) is 18.9. The summed E-state index contributed by atoms with van der Waals surface area (Å²) in [5.41, 5.74) is 3.25. The third-order valence-electron chi connectivity index (χ3n) is 4.52. The maximum atomic E-state index is 12.8. The van der Waals surface area contributed by atoms with Crippen molar-refractivity contribution in [3.8, 4) is 0 Å². The molecule has 24 heavy (non-hydrogen) atoms. The number of nitrogens with zero attached hydrogens (tertiary/aromatic N) is 3. The Bertz CT molecular complexity index is 538. The molecule has 1 unspecified atom stereocenters. The second kappa shape index (κ2) is 9.15. The molecule has 0 saturated carbocycles. The van der Waals surface area contributed by atoms with Gasteiger partial charge in [-0.1, -0.05) is 0 Å². The molecule has 2 rings (SSSR count). The molecule has 1 aliphatic heterocycles. The minimum atomic E-state index is 0.0943. The van der Waals surface area contributed by atoms with Crippen molar-refractivity contribution in [2.45, 2.75) is 46.3 Å². The van der Waals surface area contributed by atoms with Gasteiger partial charge in [-0.2, -0.15) is 5.10 Å². The van der Waals surface area contributed by atoms with Crippen molar-refractivity contribution < 1.29 is 14.3 Å². The van der Waals surface area contributed by atoms with E-state index in [9.17, 15) is 4.79 Å². The van der Waals surface area contributed by atoms with Gasteiger partial charge < -0.3 is 19.7 Å². The van der Waals surface area contributed by atoms with Crippen LogP contribution in [0.1, 0.15) is 30.3 Å². The Labute approximate surface area is 144 Å². The SMILES string of the molecule is CCn1nc(C)c(CN(CCOC)C(=O)CC2COCCN2)c1C. The first-order chi connectivity index (χ1) is 11.6. The lowest BCUT2D eigenvalue weighted by molar-refractivity contribution is -0.133. The minimum Gasteiger partial charge on any atom is -0.383 e. The zero-order valence-electron chi connectivity index (χ0n) is 15.3. The molecule has 1 fully saturated rings. The Kier molecular flexibility index (Phi) is 7.20. The highest BCUT2D eigenvalue weighted by atomic mass is 16.5. The van der Waals surface area contributed by atoms with Gasteiger partial charge in [0.2, 0.25) is 5.91 Å². The summed E-state index contributed by atoms with van der Waals surface area (Å²) in [4.78, 5) is 14.6. The number of amides is 1. The van der Waals surface area contributed by atoms with Crippen LogP contribution in [0.3, 0.4) is 0 Å². The number of morpholine rings is 1. The number of methoxy groups -OCH3 is 1. The first-order valence-corrected chi connectivity index (χ1v) is 8.67. The largest absolute Gasteiger partial charge is 0.383 e. The Balaban J connectivity index is 2.06. The van der Waals surface area contributed by atoms with Crippen molar-refractivity contribution in [2.75, 3.05) is 40.0 Å². The van der Waals surface area contributed by atoms with Crippen LogP contribution in [0.15, 0.2) is 0 Å². The number of carbonyl (C=O) groups is 1. The molecule has 1 atom stereocenters. The summed E-state index contributed by atoms with van der Waals surface area (Å²) < 4.78 is 12.6. The lowest BCUT2D eigenvalue weighted by Crippen LogP contribution is -2.45. The van der Waals surface area contributed by atoms with E-state index in [1.165, 1.54) is 0 Å². The fourth-order valence-electron chi connectivity index (χ4n) is 3.05. The molecule has 7 nitrogen and oxygen atoms in total. The predicted octanol–water partition coefficient (Wildman–Crippen LogP) is 0.873. The highest BCUT2D eigenvalue weighted by Crippen LogP contribution is 2.17. The molecular formula is C17H30N4O3. The molecular weight excluding hydrogens is 308 g/mol. The summed E-state index contributed by atoms with van der Waals surface area (Å²) in [5.74, 6) is 0.123. The number of hydrogen-bond acceptors (Lipinski definition) is 5. The second-order valence-corrected chi connectivity index (χ2v) is 6.20. The molecule has 1 saturated heterocycles. The summed E-state index contributed by atoms with van der Waals surface area (Å²) in [6, 6.07) is 0.0943. The molecule has 0 spiro atoms. The zero-order valence-corrected chi connectivity index (χ0v) is 15.3. The van der Waals surface area contributed by atoms with E-state index in [2.05, 4.69) is 24.3 Å². The van der Waals surface area contributed by atoms with E-state index in [4.69, 9.17) is 9.47 Å². The fraction of sp³-hybridized carbons (Fsp3) is 0.765. The highest BCUT2D eigenvalue weighted by Gasteiger charge is 2.23. The number of aromatic nitrogens is 2. The van der Waals surface area contributed by atoms with Crippen LogP contribution in [0, 0.1) is 13.8 Å². The van der Waals surface area contributed by atoms with E-state index < -0.39 is 0 Å². The molecule has 1 amide bonds. The quantitative estimate of drug-likeness (QED) is 0.762. The summed E-state index contributed by atoms with van der Waals surface area (Å²) in [5, 5.41) is 7.89. The average molecular weight is 338 g/mol. The lowest BCUT2D eigenvalue weighted by atomic mass is 10.1. The number of aryl methyl sites for hydroxylation is 2. The van der Waals surface area contributed by atoms with Gasteiger partial charge >= 0.3 is 0 Å². The average Bonchev–Trinajstić information content (AvgIpc) is 2.86. The van der Waals surface area contributed by atoms with Crippen LogP contribution in [0.2, 0.25) is 0 Å². The first-order valence-electron chi connectivity index (χ1n) is 8.67.